The summed E-state index contributed by atoms with van der Waals surface area (Å²) in [6.45, 7) is 3.08. The van der Waals surface area contributed by atoms with E-state index in [9.17, 15) is 55.5 Å². The number of alkyl halides is 3. The number of carbonyl (C=O) groups is 4. The number of hydrogen-bond acceptors (Lipinski definition) is 11. The summed E-state index contributed by atoms with van der Waals surface area (Å²) in [5.74, 6) is -2.24. The second kappa shape index (κ2) is 32.0. The summed E-state index contributed by atoms with van der Waals surface area (Å²) in [7, 11) is 3.44. The van der Waals surface area contributed by atoms with Crippen LogP contribution in [-0.4, -0.2) is 87.5 Å². The van der Waals surface area contributed by atoms with E-state index in [-0.39, 0.29) is 67.6 Å². The Morgan fingerprint density at radius 2 is 0.922 bits per heavy atom. The first-order valence-electron chi connectivity index (χ1n) is 32.6. The normalized spacial score (nSPS) is 12.5. The van der Waals surface area contributed by atoms with Crippen molar-refractivity contribution in [3.8, 4) is 0 Å². The molecule has 4 aromatic heterocycles. The van der Waals surface area contributed by atoms with Gasteiger partial charge >= 0.3 is 29.6 Å². The Labute approximate surface area is 581 Å². The van der Waals surface area contributed by atoms with Gasteiger partial charge in [-0.05, 0) is 132 Å². The van der Waals surface area contributed by atoms with E-state index < -0.39 is 52.4 Å². The van der Waals surface area contributed by atoms with Crippen molar-refractivity contribution in [3.05, 3.63) is 291 Å². The number of aromatic nitrogens is 8. The molecular weight excluding hydrogens is 1320 g/mol. The zero-order valence-electron chi connectivity index (χ0n) is 55.2. The molecule has 0 bridgehead atoms. The fraction of sp³-hybridized carbons (Fsp3) is 0.263. The molecule has 0 saturated heterocycles. The van der Waals surface area contributed by atoms with Crippen molar-refractivity contribution in [1.29, 1.82) is 0 Å². The van der Waals surface area contributed by atoms with Crippen molar-refractivity contribution in [1.82, 2.24) is 43.5 Å². The Balaban J connectivity index is 0.000000202. The van der Waals surface area contributed by atoms with Gasteiger partial charge in [0.2, 0.25) is 0 Å². The van der Waals surface area contributed by atoms with Gasteiger partial charge in [0.1, 0.15) is 40.9 Å². The number of fused-ring (bicyclic) bond motifs is 2. The molecule has 102 heavy (non-hydrogen) atoms. The van der Waals surface area contributed by atoms with Crippen LogP contribution in [0.3, 0.4) is 0 Å². The van der Waals surface area contributed by atoms with Crippen LogP contribution < -0.4 is 37.6 Å². The summed E-state index contributed by atoms with van der Waals surface area (Å²) >= 11 is 0. The van der Waals surface area contributed by atoms with E-state index in [0.717, 1.165) is 69.2 Å². The summed E-state index contributed by atoms with van der Waals surface area (Å²) in [6.07, 6.45) is 0.0909. The van der Waals surface area contributed by atoms with Gasteiger partial charge in [-0.2, -0.15) is 13.2 Å². The number of carboxylic acids is 1. The molecule has 0 atom stereocenters. The zero-order valence-corrected chi connectivity index (χ0v) is 55.2. The molecule has 0 aliphatic heterocycles. The highest BCUT2D eigenvalue weighted by Gasteiger charge is 2.38. The lowest BCUT2D eigenvalue weighted by Gasteiger charge is -2.18. The highest BCUT2D eigenvalue weighted by Crippen LogP contribution is 2.32. The second-order valence-electron chi connectivity index (χ2n) is 24.8. The van der Waals surface area contributed by atoms with Crippen LogP contribution in [-0.2, 0) is 68.1 Å². The number of ether oxygens (including phenoxy) is 1. The van der Waals surface area contributed by atoms with Gasteiger partial charge < -0.3 is 34.9 Å². The van der Waals surface area contributed by atoms with E-state index in [0.29, 0.717) is 77.5 Å². The standard InChI is InChI=1S/C40H37FN6O5.C33H32FN5O3.C2HF3O2.CH4/c1-45(37(48)30-17-13-27(14-18-30)22-42-39(50)52-25-29-7-3-2-4-8-29)32-19-15-26(16-20-32)21-34-43-35-36(44-34)46(23-28-11-12-28)40(51)47(38(35)49)24-31-9-5-6-10-33(31)41;1-3-21-10-14-24(15-11-21)31(40)37(2)26-16-12-22(13-17-26)18-28-35-29-30(36-28)38(19-23-8-9-23)33(42)39(32(29)41)20-25-6-4-5-7-27(25)34;3-2(4,5)1(6)7;/h2-10,13-20,28H,11-12,21-25H2,1H3,(H,42,50)(H,43,44);4-7,10-17,23H,3,8-9,18-20H2,1-2H3,(H,35,36);(H,6,7);1H4. The van der Waals surface area contributed by atoms with Gasteiger partial charge in [0.25, 0.3) is 22.9 Å². The first-order valence-corrected chi connectivity index (χ1v) is 32.6. The number of hydrogen-bond donors (Lipinski definition) is 4. The summed E-state index contributed by atoms with van der Waals surface area (Å²) in [5, 5.41) is 9.84. The number of aryl methyl sites for hydroxylation is 1. The maximum atomic E-state index is 14.5. The number of anilines is 2. The third kappa shape index (κ3) is 17.8. The third-order valence-corrected chi connectivity index (χ3v) is 17.4. The van der Waals surface area contributed by atoms with E-state index in [1.807, 2.05) is 103 Å². The quantitative estimate of drug-likeness (QED) is 0.0490. The molecule has 7 aromatic carbocycles. The largest absolute Gasteiger partial charge is 0.490 e. The van der Waals surface area contributed by atoms with Crippen LogP contribution in [0.25, 0.3) is 22.3 Å². The monoisotopic (exact) mass is 1400 g/mol. The first-order chi connectivity index (χ1) is 48.5. The van der Waals surface area contributed by atoms with E-state index in [1.54, 1.807) is 89.1 Å². The number of nitrogens with zero attached hydrogens (tertiary/aromatic N) is 8. The lowest BCUT2D eigenvalue weighted by Crippen LogP contribution is -2.40. The number of imidazole rings is 2. The number of alkyl carbamates (subject to hydrolysis) is 1. The minimum Gasteiger partial charge on any atom is -0.475 e. The van der Waals surface area contributed by atoms with E-state index in [4.69, 9.17) is 14.6 Å². The summed E-state index contributed by atoms with van der Waals surface area (Å²) in [6, 6.07) is 51.3. The van der Waals surface area contributed by atoms with Crippen LogP contribution in [0, 0.1) is 23.5 Å². The smallest absolute Gasteiger partial charge is 0.475 e. The number of aromatic amines is 2. The molecule has 13 rings (SSSR count). The Morgan fingerprint density at radius 1 is 0.539 bits per heavy atom. The molecular formula is C76H74F5N11O10. The number of benzene rings is 7. The SMILES string of the molecule is C.CCc1ccc(C(=O)N(C)c2ccc(Cc3nc4c([nH]3)c(=O)n(Cc3ccccc3F)c(=O)n4CC3CC3)cc2)cc1.CN(C(=O)c1ccc(CNC(=O)OCc2ccccc2)cc1)c1ccc(Cc2nc3c([nH]2)c(=O)n(Cc2ccccc2F)c(=O)n3CC2CC2)cc1.O=C(O)C(F)(F)F. The zero-order chi connectivity index (χ0) is 71.6. The molecule has 3 amide bonds. The Bertz CT molecular complexity index is 5080. The van der Waals surface area contributed by atoms with Gasteiger partial charge in [0.05, 0.1) is 13.1 Å². The summed E-state index contributed by atoms with van der Waals surface area (Å²) in [4.78, 5) is 120. The predicted molar refractivity (Wildman–Crippen MR) is 376 cm³/mol. The first kappa shape index (κ1) is 72.9. The topological polar surface area (TPSA) is 262 Å². The molecule has 0 radical (unpaired) electrons. The van der Waals surface area contributed by atoms with Gasteiger partial charge in [0.15, 0.2) is 11.3 Å². The lowest BCUT2D eigenvalue weighted by atomic mass is 10.1. The molecule has 26 heteroatoms. The molecule has 2 saturated carbocycles. The number of H-pyrrole nitrogens is 2. The van der Waals surface area contributed by atoms with Crippen LogP contribution in [0.5, 0.6) is 0 Å². The minimum atomic E-state index is -5.08. The number of aliphatic carboxylic acids is 1. The van der Waals surface area contributed by atoms with Crippen LogP contribution in [0.4, 0.5) is 38.1 Å². The summed E-state index contributed by atoms with van der Waals surface area (Å²) in [5.41, 5.74) is 6.78. The van der Waals surface area contributed by atoms with Gasteiger partial charge in [-0.3, -0.25) is 37.4 Å². The van der Waals surface area contributed by atoms with Crippen molar-refractivity contribution in [2.45, 2.75) is 105 Å². The fourth-order valence-corrected chi connectivity index (χ4v) is 11.2. The number of rotatable bonds is 21. The third-order valence-electron chi connectivity index (χ3n) is 17.4. The predicted octanol–water partition coefficient (Wildman–Crippen LogP) is 12.0. The number of carbonyl (C=O) groups excluding carboxylic acids is 3. The molecule has 0 spiro atoms. The van der Waals surface area contributed by atoms with Gasteiger partial charge in [-0.25, -0.2) is 37.9 Å². The minimum absolute atomic E-state index is 0. The van der Waals surface area contributed by atoms with Crippen LogP contribution >= 0.6 is 0 Å². The van der Waals surface area contributed by atoms with Crippen LogP contribution in [0.2, 0.25) is 0 Å². The Morgan fingerprint density at radius 3 is 1.30 bits per heavy atom. The number of amides is 3. The Hall–Kier alpha value is -11.8. The average molecular weight is 1400 g/mol. The van der Waals surface area contributed by atoms with E-state index in [2.05, 4.69) is 32.2 Å². The van der Waals surface area contributed by atoms with Crippen molar-refractivity contribution >= 4 is 57.6 Å². The van der Waals surface area contributed by atoms with E-state index >= 15 is 0 Å². The molecule has 4 heterocycles. The Kier molecular flexibility index (Phi) is 22.9. The molecule has 0 unspecified atom stereocenters. The molecule has 2 fully saturated rings. The van der Waals surface area contributed by atoms with E-state index in [1.165, 1.54) is 22.3 Å². The maximum absolute atomic E-state index is 14.5. The number of carboxylic acid groups (broad SMARTS) is 1. The molecule has 2 aliphatic carbocycles. The van der Waals surface area contributed by atoms with Crippen molar-refractivity contribution in [2.75, 3.05) is 23.9 Å². The second-order valence-corrected chi connectivity index (χ2v) is 24.8. The average Bonchev–Trinajstić information content (AvgIpc) is 1.60. The summed E-state index contributed by atoms with van der Waals surface area (Å²) < 4.78 is 71.1. The maximum Gasteiger partial charge on any atom is 0.490 e. The van der Waals surface area contributed by atoms with Crippen LogP contribution in [0.1, 0.15) is 111 Å². The molecule has 528 valence electrons. The van der Waals surface area contributed by atoms with Crippen molar-refractivity contribution in [2.24, 2.45) is 11.8 Å². The highest BCUT2D eigenvalue weighted by atomic mass is 19.4. The van der Waals surface area contributed by atoms with Gasteiger partial charge in [0, 0.05) is 80.2 Å². The van der Waals surface area contributed by atoms with Crippen molar-refractivity contribution in [3.63, 3.8) is 0 Å². The molecule has 21 nitrogen and oxygen atoms in total. The number of halogens is 5. The van der Waals surface area contributed by atoms with Crippen molar-refractivity contribution < 1.29 is 51.0 Å². The number of nitrogens with one attached hydrogen (secondary N) is 3. The molecule has 2 aliphatic rings. The van der Waals surface area contributed by atoms with Gasteiger partial charge in [-0.1, -0.05) is 130 Å². The molecule has 4 N–H and O–H groups in total. The van der Waals surface area contributed by atoms with Crippen LogP contribution in [0.15, 0.2) is 195 Å². The molecule has 11 aromatic rings. The fourth-order valence-electron chi connectivity index (χ4n) is 11.2. The van der Waals surface area contributed by atoms with Gasteiger partial charge in [-0.15, -0.1) is 0 Å². The lowest BCUT2D eigenvalue weighted by molar-refractivity contribution is -0.192. The highest BCUT2D eigenvalue weighted by molar-refractivity contribution is 6.06.